The van der Waals surface area contributed by atoms with E-state index in [2.05, 4.69) is 15.3 Å². The van der Waals surface area contributed by atoms with Crippen LogP contribution in [-0.4, -0.2) is 56.6 Å². The van der Waals surface area contributed by atoms with Crippen LogP contribution in [-0.2, 0) is 9.47 Å². The van der Waals surface area contributed by atoms with Gasteiger partial charge in [-0.15, -0.1) is 5.10 Å². The fourth-order valence-corrected chi connectivity index (χ4v) is 2.76. The zero-order chi connectivity index (χ0) is 13.5. The van der Waals surface area contributed by atoms with Crippen molar-refractivity contribution in [3.63, 3.8) is 0 Å². The molecule has 0 unspecified atom stereocenters. The Morgan fingerprint density at radius 1 is 1.15 bits per heavy atom. The second-order valence-corrected chi connectivity index (χ2v) is 5.03. The molecular formula is C13H14N4O3. The molecule has 1 N–H and O–H groups in total. The number of aromatic nitrogens is 4. The molecular weight excluding hydrogens is 260 g/mol. The molecule has 104 valence electrons. The highest BCUT2D eigenvalue weighted by Crippen LogP contribution is 2.34. The molecule has 4 atom stereocenters. The molecule has 4 rings (SSSR count). The smallest absolute Gasteiger partial charge is 0.131 e. The highest BCUT2D eigenvalue weighted by atomic mass is 16.6. The fraction of sp³-hybridized carbons (Fsp3) is 0.462. The third-order valence-corrected chi connectivity index (χ3v) is 3.78. The van der Waals surface area contributed by atoms with Crippen LogP contribution in [0.5, 0.6) is 0 Å². The Bertz CT molecular complexity index is 603. The van der Waals surface area contributed by atoms with E-state index in [1.54, 1.807) is 10.9 Å². The number of fused-ring (bicyclic) bond motifs is 1. The number of rotatable bonds is 2. The summed E-state index contributed by atoms with van der Waals surface area (Å²) < 4.78 is 12.9. The second-order valence-electron chi connectivity index (χ2n) is 5.03. The summed E-state index contributed by atoms with van der Waals surface area (Å²) in [6.45, 7) is 0.783. The number of pyridine rings is 1. The zero-order valence-electron chi connectivity index (χ0n) is 10.7. The van der Waals surface area contributed by atoms with Crippen LogP contribution in [0.15, 0.2) is 30.6 Å². The van der Waals surface area contributed by atoms with Gasteiger partial charge in [0.15, 0.2) is 0 Å². The largest absolute Gasteiger partial charge is 0.388 e. The van der Waals surface area contributed by atoms with E-state index in [0.29, 0.717) is 18.9 Å². The van der Waals surface area contributed by atoms with Crippen molar-refractivity contribution >= 4 is 0 Å². The monoisotopic (exact) mass is 274 g/mol. The maximum atomic E-state index is 9.74. The molecule has 2 aromatic heterocycles. The van der Waals surface area contributed by atoms with Crippen LogP contribution in [0.25, 0.3) is 11.4 Å². The minimum Gasteiger partial charge on any atom is -0.388 e. The molecule has 7 nitrogen and oxygen atoms in total. The number of nitrogens with zero attached hydrogens (tertiary/aromatic N) is 4. The highest BCUT2D eigenvalue weighted by molar-refractivity contribution is 5.51. The first-order valence-corrected chi connectivity index (χ1v) is 6.57. The lowest BCUT2D eigenvalue weighted by atomic mass is 10.1. The number of aliphatic hydroxyl groups excluding tert-OH is 1. The van der Waals surface area contributed by atoms with Crippen molar-refractivity contribution in [2.24, 2.45) is 0 Å². The lowest BCUT2D eigenvalue weighted by Gasteiger charge is -2.15. The van der Waals surface area contributed by atoms with E-state index in [1.165, 1.54) is 0 Å². The summed E-state index contributed by atoms with van der Waals surface area (Å²) in [4.78, 5) is 4.25. The first-order valence-electron chi connectivity index (χ1n) is 6.57. The lowest BCUT2D eigenvalue weighted by Crippen LogP contribution is -2.30. The Kier molecular flexibility index (Phi) is 2.76. The Morgan fingerprint density at radius 3 is 2.90 bits per heavy atom. The summed E-state index contributed by atoms with van der Waals surface area (Å²) >= 11 is 0. The van der Waals surface area contributed by atoms with Gasteiger partial charge in [-0.05, 0) is 12.1 Å². The molecule has 2 aliphatic heterocycles. The van der Waals surface area contributed by atoms with E-state index in [1.807, 2.05) is 24.4 Å². The van der Waals surface area contributed by atoms with Gasteiger partial charge in [0.1, 0.15) is 30.0 Å². The normalized spacial score (nSPS) is 32.5. The molecule has 2 aromatic rings. The summed E-state index contributed by atoms with van der Waals surface area (Å²) in [6, 6.07) is 5.60. The Morgan fingerprint density at radius 2 is 2.05 bits per heavy atom. The van der Waals surface area contributed by atoms with Gasteiger partial charge < -0.3 is 14.6 Å². The summed E-state index contributed by atoms with van der Waals surface area (Å²) in [6.07, 6.45) is 2.58. The molecule has 2 fully saturated rings. The zero-order valence-corrected chi connectivity index (χ0v) is 10.7. The van der Waals surface area contributed by atoms with Gasteiger partial charge in [0.05, 0.1) is 25.1 Å². The van der Waals surface area contributed by atoms with Crippen molar-refractivity contribution in [2.75, 3.05) is 13.2 Å². The van der Waals surface area contributed by atoms with Gasteiger partial charge in [0.2, 0.25) is 0 Å². The van der Waals surface area contributed by atoms with Crippen molar-refractivity contribution < 1.29 is 14.6 Å². The summed E-state index contributed by atoms with van der Waals surface area (Å²) in [5.74, 6) is 0. The SMILES string of the molecule is O[C@@H]1CO[C@H]2[C@@H]1OC[C@@H]2n1cc(-c2ccccn2)nn1. The molecule has 7 heteroatoms. The fourth-order valence-electron chi connectivity index (χ4n) is 2.76. The van der Waals surface area contributed by atoms with E-state index < -0.39 is 6.10 Å². The molecule has 0 amide bonds. The molecule has 0 spiro atoms. The molecule has 0 bridgehead atoms. The van der Waals surface area contributed by atoms with E-state index in [4.69, 9.17) is 9.47 Å². The van der Waals surface area contributed by atoms with Crippen molar-refractivity contribution in [3.05, 3.63) is 30.6 Å². The van der Waals surface area contributed by atoms with Gasteiger partial charge in [-0.2, -0.15) is 0 Å². The maximum Gasteiger partial charge on any atom is 0.131 e. The van der Waals surface area contributed by atoms with Gasteiger partial charge in [0, 0.05) is 6.20 Å². The number of ether oxygens (including phenoxy) is 2. The average Bonchev–Trinajstić information content (AvgIpc) is 3.18. The lowest BCUT2D eigenvalue weighted by molar-refractivity contribution is 0.0169. The van der Waals surface area contributed by atoms with Gasteiger partial charge in [-0.1, -0.05) is 11.3 Å². The van der Waals surface area contributed by atoms with Crippen molar-refractivity contribution in [1.29, 1.82) is 0 Å². The minimum atomic E-state index is -0.552. The predicted molar refractivity (Wildman–Crippen MR) is 67.8 cm³/mol. The molecule has 20 heavy (non-hydrogen) atoms. The van der Waals surface area contributed by atoms with Gasteiger partial charge in [-0.25, -0.2) is 4.68 Å². The van der Waals surface area contributed by atoms with Crippen LogP contribution in [0.4, 0.5) is 0 Å². The number of hydrogen-bond acceptors (Lipinski definition) is 6. The van der Waals surface area contributed by atoms with E-state index in [-0.39, 0.29) is 18.2 Å². The summed E-state index contributed by atoms with van der Waals surface area (Å²) in [5, 5.41) is 18.0. The van der Waals surface area contributed by atoms with Gasteiger partial charge in [0.25, 0.3) is 0 Å². The molecule has 2 aliphatic rings. The van der Waals surface area contributed by atoms with E-state index >= 15 is 0 Å². The first kappa shape index (κ1) is 12.0. The van der Waals surface area contributed by atoms with Crippen LogP contribution in [0.1, 0.15) is 6.04 Å². The molecule has 2 saturated heterocycles. The molecule has 0 aromatic carbocycles. The molecule has 0 aliphatic carbocycles. The van der Waals surface area contributed by atoms with Gasteiger partial charge >= 0.3 is 0 Å². The standard InChI is InChI=1S/C13H14N4O3/c18-11-7-20-12-10(6-19-13(11)12)17-5-9(15-16-17)8-3-1-2-4-14-8/h1-5,10-13,18H,6-7H2/t10-,11+,12+,13+/m0/s1. The molecule has 0 saturated carbocycles. The third kappa shape index (κ3) is 1.82. The maximum absolute atomic E-state index is 9.74. The Hall–Kier alpha value is -1.83. The Balaban J connectivity index is 1.60. The number of hydrogen-bond donors (Lipinski definition) is 1. The van der Waals surface area contributed by atoms with Crippen LogP contribution in [0, 0.1) is 0 Å². The first-order chi connectivity index (χ1) is 9.83. The predicted octanol–water partition coefficient (Wildman–Crippen LogP) is 0.0397. The highest BCUT2D eigenvalue weighted by Gasteiger charge is 2.48. The van der Waals surface area contributed by atoms with Crippen LogP contribution < -0.4 is 0 Å². The van der Waals surface area contributed by atoms with Crippen molar-refractivity contribution in [1.82, 2.24) is 20.0 Å². The van der Waals surface area contributed by atoms with E-state index in [9.17, 15) is 5.11 Å². The minimum absolute atomic E-state index is 0.0536. The van der Waals surface area contributed by atoms with Crippen molar-refractivity contribution in [3.8, 4) is 11.4 Å². The third-order valence-electron chi connectivity index (χ3n) is 3.78. The molecule has 4 heterocycles. The summed E-state index contributed by atoms with van der Waals surface area (Å²) in [5.41, 5.74) is 1.49. The second kappa shape index (κ2) is 4.62. The topological polar surface area (TPSA) is 82.3 Å². The van der Waals surface area contributed by atoms with Crippen LogP contribution >= 0.6 is 0 Å². The Labute approximate surface area is 115 Å². The molecule has 0 radical (unpaired) electrons. The quantitative estimate of drug-likeness (QED) is 0.832. The summed E-state index contributed by atoms with van der Waals surface area (Å²) in [7, 11) is 0. The van der Waals surface area contributed by atoms with Crippen LogP contribution in [0.3, 0.4) is 0 Å². The van der Waals surface area contributed by atoms with Crippen LogP contribution in [0.2, 0.25) is 0 Å². The average molecular weight is 274 g/mol. The van der Waals surface area contributed by atoms with Crippen molar-refractivity contribution in [2.45, 2.75) is 24.4 Å². The number of aliphatic hydroxyl groups is 1. The van der Waals surface area contributed by atoms with E-state index in [0.717, 1.165) is 5.69 Å². The van der Waals surface area contributed by atoms with Gasteiger partial charge in [-0.3, -0.25) is 4.98 Å².